The van der Waals surface area contributed by atoms with Crippen LogP contribution < -0.4 is 11.1 Å². The molecule has 0 aliphatic rings. The first-order valence-electron chi connectivity index (χ1n) is 4.73. The number of carbonyl (C=O) groups is 2. The number of hydrogen-bond donors (Lipinski definition) is 2. The van der Waals surface area contributed by atoms with Gasteiger partial charge in [-0.25, -0.2) is 0 Å². The maximum absolute atomic E-state index is 11.6. The second kappa shape index (κ2) is 7.19. The lowest BCUT2D eigenvalue weighted by atomic mass is 10.2. The molecule has 0 heterocycles. The Morgan fingerprint density at radius 3 is 2.60 bits per heavy atom. The Labute approximate surface area is 89.7 Å². The molecule has 88 valence electrons. The predicted molar refractivity (Wildman–Crippen MR) is 56.2 cm³/mol. The number of rotatable bonds is 6. The highest BCUT2D eigenvalue weighted by molar-refractivity contribution is 5.87. The average Bonchev–Trinajstić information content (AvgIpc) is 2.24. The minimum absolute atomic E-state index is 0.0238. The number of likely N-dealkylation sites (N-methyl/N-ethyl adjacent to an activating group) is 2. The first-order valence-corrected chi connectivity index (χ1v) is 4.73. The molecular weight excluding hydrogens is 198 g/mol. The summed E-state index contributed by atoms with van der Waals surface area (Å²) in [6, 6.07) is -0.611. The van der Waals surface area contributed by atoms with Crippen molar-refractivity contribution in [1.82, 2.24) is 10.2 Å². The molecule has 0 aliphatic heterocycles. The number of nitrogens with zero attached hydrogens (tertiary/aromatic N) is 1. The molecule has 0 aromatic carbocycles. The molecule has 0 aromatic heterocycles. The molecular formula is C9H19N3O3. The van der Waals surface area contributed by atoms with Crippen molar-refractivity contribution in [3.05, 3.63) is 0 Å². The molecule has 0 rings (SSSR count). The predicted octanol–water partition coefficient (Wildman–Crippen LogP) is -1.45. The molecule has 2 amide bonds. The van der Waals surface area contributed by atoms with Gasteiger partial charge in [-0.15, -0.1) is 0 Å². The number of methoxy groups -OCH3 is 1. The SMILES string of the molecule is CNC(=O)CN(C)C(=O)C(N)CCOC. The second-order valence-electron chi connectivity index (χ2n) is 3.26. The van der Waals surface area contributed by atoms with Crippen molar-refractivity contribution in [2.45, 2.75) is 12.5 Å². The molecule has 6 heteroatoms. The fourth-order valence-corrected chi connectivity index (χ4v) is 1.02. The minimum atomic E-state index is -0.611. The van der Waals surface area contributed by atoms with Gasteiger partial charge in [0.2, 0.25) is 11.8 Å². The quantitative estimate of drug-likeness (QED) is 0.570. The Kier molecular flexibility index (Phi) is 6.64. The monoisotopic (exact) mass is 217 g/mol. The van der Waals surface area contributed by atoms with Gasteiger partial charge >= 0.3 is 0 Å². The third-order valence-corrected chi connectivity index (χ3v) is 1.99. The van der Waals surface area contributed by atoms with E-state index in [1.807, 2.05) is 0 Å². The lowest BCUT2D eigenvalue weighted by Crippen LogP contribution is -2.45. The van der Waals surface area contributed by atoms with E-state index in [0.29, 0.717) is 13.0 Å². The molecule has 0 spiro atoms. The summed E-state index contributed by atoms with van der Waals surface area (Å²) in [4.78, 5) is 23.9. The summed E-state index contributed by atoms with van der Waals surface area (Å²) < 4.78 is 4.81. The Morgan fingerprint density at radius 2 is 2.13 bits per heavy atom. The van der Waals surface area contributed by atoms with Gasteiger partial charge in [-0.05, 0) is 6.42 Å². The van der Waals surface area contributed by atoms with Crippen molar-refractivity contribution < 1.29 is 14.3 Å². The summed E-state index contributed by atoms with van der Waals surface area (Å²) in [6.45, 7) is 0.455. The summed E-state index contributed by atoms with van der Waals surface area (Å²) in [6.07, 6.45) is 0.452. The van der Waals surface area contributed by atoms with Gasteiger partial charge in [-0.2, -0.15) is 0 Å². The third-order valence-electron chi connectivity index (χ3n) is 1.99. The molecule has 1 atom stereocenters. The van der Waals surface area contributed by atoms with Gasteiger partial charge in [0.05, 0.1) is 12.6 Å². The van der Waals surface area contributed by atoms with Gasteiger partial charge in [-0.3, -0.25) is 9.59 Å². The number of nitrogens with one attached hydrogen (secondary N) is 1. The molecule has 6 nitrogen and oxygen atoms in total. The largest absolute Gasteiger partial charge is 0.385 e. The lowest BCUT2D eigenvalue weighted by molar-refractivity contribution is -0.135. The number of hydrogen-bond acceptors (Lipinski definition) is 4. The Hall–Kier alpha value is -1.14. The van der Waals surface area contributed by atoms with Gasteiger partial charge in [0.1, 0.15) is 0 Å². The first kappa shape index (κ1) is 13.9. The molecule has 0 radical (unpaired) electrons. The van der Waals surface area contributed by atoms with Crippen LogP contribution in [0.15, 0.2) is 0 Å². The number of ether oxygens (including phenoxy) is 1. The van der Waals surface area contributed by atoms with Crippen LogP contribution in [-0.2, 0) is 14.3 Å². The molecule has 0 saturated heterocycles. The van der Waals surface area contributed by atoms with Crippen LogP contribution in [-0.4, -0.2) is 57.1 Å². The number of nitrogens with two attached hydrogens (primary N) is 1. The topological polar surface area (TPSA) is 84.7 Å². The molecule has 0 fully saturated rings. The van der Waals surface area contributed by atoms with Crippen LogP contribution in [0.3, 0.4) is 0 Å². The first-order chi connectivity index (χ1) is 7.02. The summed E-state index contributed by atoms with van der Waals surface area (Å²) >= 11 is 0. The summed E-state index contributed by atoms with van der Waals surface area (Å²) in [5, 5.41) is 2.43. The third kappa shape index (κ3) is 5.34. The van der Waals surface area contributed by atoms with Crippen LogP contribution in [0.2, 0.25) is 0 Å². The minimum Gasteiger partial charge on any atom is -0.385 e. The van der Waals surface area contributed by atoms with E-state index in [-0.39, 0.29) is 18.4 Å². The zero-order chi connectivity index (χ0) is 11.8. The van der Waals surface area contributed by atoms with E-state index < -0.39 is 6.04 Å². The zero-order valence-electron chi connectivity index (χ0n) is 9.45. The van der Waals surface area contributed by atoms with Gasteiger partial charge in [0, 0.05) is 27.8 Å². The van der Waals surface area contributed by atoms with E-state index in [0.717, 1.165) is 0 Å². The summed E-state index contributed by atoms with van der Waals surface area (Å²) in [7, 11) is 4.61. The van der Waals surface area contributed by atoms with Crippen molar-refractivity contribution in [2.75, 3.05) is 34.4 Å². The van der Waals surface area contributed by atoms with Crippen molar-refractivity contribution in [3.63, 3.8) is 0 Å². The van der Waals surface area contributed by atoms with Crippen LogP contribution in [0.25, 0.3) is 0 Å². The summed E-state index contributed by atoms with van der Waals surface area (Å²) in [5.74, 6) is -0.472. The Bertz CT molecular complexity index is 221. The van der Waals surface area contributed by atoms with Crippen LogP contribution in [0, 0.1) is 0 Å². The van der Waals surface area contributed by atoms with Gasteiger partial charge in [-0.1, -0.05) is 0 Å². The molecule has 3 N–H and O–H groups in total. The van der Waals surface area contributed by atoms with Crippen LogP contribution in [0.4, 0.5) is 0 Å². The molecule has 15 heavy (non-hydrogen) atoms. The van der Waals surface area contributed by atoms with E-state index in [2.05, 4.69) is 5.32 Å². The van der Waals surface area contributed by atoms with E-state index >= 15 is 0 Å². The molecule has 0 aromatic rings. The highest BCUT2D eigenvalue weighted by Gasteiger charge is 2.18. The van der Waals surface area contributed by atoms with E-state index in [4.69, 9.17) is 10.5 Å². The fraction of sp³-hybridized carbons (Fsp3) is 0.778. The lowest BCUT2D eigenvalue weighted by Gasteiger charge is -2.20. The summed E-state index contributed by atoms with van der Waals surface area (Å²) in [5.41, 5.74) is 5.62. The highest BCUT2D eigenvalue weighted by Crippen LogP contribution is 1.95. The highest BCUT2D eigenvalue weighted by atomic mass is 16.5. The van der Waals surface area contributed by atoms with Gasteiger partial charge in [0.25, 0.3) is 0 Å². The van der Waals surface area contributed by atoms with E-state index in [1.54, 1.807) is 14.2 Å². The normalized spacial score (nSPS) is 12.0. The molecule has 0 aliphatic carbocycles. The van der Waals surface area contributed by atoms with Crippen LogP contribution >= 0.6 is 0 Å². The smallest absolute Gasteiger partial charge is 0.239 e. The maximum Gasteiger partial charge on any atom is 0.239 e. The van der Waals surface area contributed by atoms with E-state index in [9.17, 15) is 9.59 Å². The molecule has 0 saturated carbocycles. The molecule has 1 unspecified atom stereocenters. The van der Waals surface area contributed by atoms with Crippen LogP contribution in [0.1, 0.15) is 6.42 Å². The number of amides is 2. The molecule has 0 bridgehead atoms. The fourth-order valence-electron chi connectivity index (χ4n) is 1.02. The van der Waals surface area contributed by atoms with Crippen molar-refractivity contribution in [2.24, 2.45) is 5.73 Å². The standard InChI is InChI=1S/C9H19N3O3/c1-11-8(13)6-12(2)9(14)7(10)4-5-15-3/h7H,4-6,10H2,1-3H3,(H,11,13). The number of carbonyl (C=O) groups excluding carboxylic acids is 2. The van der Waals surface area contributed by atoms with E-state index in [1.165, 1.54) is 11.9 Å². The maximum atomic E-state index is 11.6. The van der Waals surface area contributed by atoms with Gasteiger partial charge in [0.15, 0.2) is 0 Å². The van der Waals surface area contributed by atoms with Crippen molar-refractivity contribution in [3.8, 4) is 0 Å². The second-order valence-corrected chi connectivity index (χ2v) is 3.26. The zero-order valence-corrected chi connectivity index (χ0v) is 9.45. The van der Waals surface area contributed by atoms with Crippen molar-refractivity contribution >= 4 is 11.8 Å². The van der Waals surface area contributed by atoms with Gasteiger partial charge < -0.3 is 20.7 Å². The Morgan fingerprint density at radius 1 is 1.53 bits per heavy atom. The Balaban J connectivity index is 4.01. The van der Waals surface area contributed by atoms with Crippen molar-refractivity contribution in [1.29, 1.82) is 0 Å². The van der Waals surface area contributed by atoms with Crippen LogP contribution in [0.5, 0.6) is 0 Å². The average molecular weight is 217 g/mol.